The lowest BCUT2D eigenvalue weighted by Crippen LogP contribution is -2.42. The number of benzene rings is 1. The van der Waals surface area contributed by atoms with Crippen LogP contribution in [0.4, 0.5) is 18.0 Å². The number of hydrogen-bond donors (Lipinski definition) is 1. The second kappa shape index (κ2) is 10.0. The van der Waals surface area contributed by atoms with Crippen molar-refractivity contribution in [3.63, 3.8) is 0 Å². The summed E-state index contributed by atoms with van der Waals surface area (Å²) in [6.07, 6.45) is -5.07. The fraction of sp³-hybridized carbons (Fsp3) is 0.458. The third-order valence-corrected chi connectivity index (χ3v) is 5.92. The van der Waals surface area contributed by atoms with Gasteiger partial charge in [-0.15, -0.1) is 0 Å². The first-order valence-electron chi connectivity index (χ1n) is 10.9. The normalized spacial score (nSPS) is 13.2. The van der Waals surface area contributed by atoms with Gasteiger partial charge in [-0.3, -0.25) is 9.78 Å². The summed E-state index contributed by atoms with van der Waals surface area (Å²) >= 11 is 3.46. The van der Waals surface area contributed by atoms with Gasteiger partial charge in [-0.1, -0.05) is 0 Å². The Morgan fingerprint density at radius 2 is 1.91 bits per heavy atom. The summed E-state index contributed by atoms with van der Waals surface area (Å²) in [5.74, 6) is 0.320. The van der Waals surface area contributed by atoms with Crippen LogP contribution < -0.4 is 15.6 Å². The molecule has 7 nitrogen and oxygen atoms in total. The lowest BCUT2D eigenvalue weighted by Gasteiger charge is -2.24. The molecule has 1 N–H and O–H groups in total. The summed E-state index contributed by atoms with van der Waals surface area (Å²) < 4.78 is 51.5. The smallest absolute Gasteiger partial charge is 0.407 e. The lowest BCUT2D eigenvalue weighted by molar-refractivity contribution is -0.137. The summed E-state index contributed by atoms with van der Waals surface area (Å²) in [5.41, 5.74) is 0.170. The van der Waals surface area contributed by atoms with Gasteiger partial charge in [-0.25, -0.2) is 4.79 Å². The van der Waals surface area contributed by atoms with Gasteiger partial charge in [-0.2, -0.15) is 13.2 Å². The van der Waals surface area contributed by atoms with Gasteiger partial charge in [0.05, 0.1) is 27.1 Å². The average Bonchev–Trinajstić information content (AvgIpc) is 2.72. The van der Waals surface area contributed by atoms with E-state index in [1.807, 2.05) is 0 Å². The van der Waals surface area contributed by atoms with E-state index in [2.05, 4.69) is 26.2 Å². The maximum atomic E-state index is 12.9. The number of nitrogens with one attached hydrogen (secondary N) is 1. The van der Waals surface area contributed by atoms with Crippen molar-refractivity contribution in [1.82, 2.24) is 14.9 Å². The highest BCUT2D eigenvalue weighted by Gasteiger charge is 2.30. The van der Waals surface area contributed by atoms with E-state index in [4.69, 9.17) is 9.47 Å². The minimum absolute atomic E-state index is 0.221. The Labute approximate surface area is 208 Å². The molecule has 1 unspecified atom stereocenters. The van der Waals surface area contributed by atoms with Crippen molar-refractivity contribution in [3.05, 3.63) is 44.9 Å². The SMILES string of the molecule is Cc1nccc2c1c(=O)n(C)c1cc(OCC(CCC(F)(F)F)NC(=O)OC(C)(C)C)c(Br)cc21. The number of aromatic nitrogens is 2. The van der Waals surface area contributed by atoms with Crippen LogP contribution in [0.2, 0.25) is 0 Å². The van der Waals surface area contributed by atoms with E-state index in [1.165, 1.54) is 4.57 Å². The molecule has 0 saturated heterocycles. The molecule has 0 aliphatic heterocycles. The number of amides is 1. The highest BCUT2D eigenvalue weighted by atomic mass is 79.9. The fourth-order valence-electron chi connectivity index (χ4n) is 3.68. The summed E-state index contributed by atoms with van der Waals surface area (Å²) in [7, 11) is 1.63. The highest BCUT2D eigenvalue weighted by Crippen LogP contribution is 2.34. The number of nitrogens with zero attached hydrogens (tertiary/aromatic N) is 2. The zero-order valence-electron chi connectivity index (χ0n) is 20.0. The number of pyridine rings is 2. The topological polar surface area (TPSA) is 82.5 Å². The Hall–Kier alpha value is -2.82. The maximum absolute atomic E-state index is 12.9. The predicted molar refractivity (Wildman–Crippen MR) is 131 cm³/mol. The molecule has 3 rings (SSSR count). The first-order valence-corrected chi connectivity index (χ1v) is 11.7. The fourth-order valence-corrected chi connectivity index (χ4v) is 4.14. The van der Waals surface area contributed by atoms with Crippen LogP contribution in [0.3, 0.4) is 0 Å². The first-order chi connectivity index (χ1) is 16.2. The second-order valence-corrected chi connectivity index (χ2v) is 10.1. The van der Waals surface area contributed by atoms with Crippen LogP contribution in [-0.2, 0) is 11.8 Å². The monoisotopic (exact) mass is 557 g/mol. The number of ether oxygens (including phenoxy) is 2. The lowest BCUT2D eigenvalue weighted by atomic mass is 10.1. The van der Waals surface area contributed by atoms with Crippen LogP contribution in [0.15, 0.2) is 33.7 Å². The van der Waals surface area contributed by atoms with E-state index in [0.717, 1.165) is 10.8 Å². The van der Waals surface area contributed by atoms with E-state index in [-0.39, 0.29) is 18.6 Å². The van der Waals surface area contributed by atoms with Crippen molar-refractivity contribution in [2.75, 3.05) is 6.61 Å². The number of carbonyl (C=O) groups is 1. The zero-order chi connectivity index (χ0) is 26.1. The molecule has 1 atom stereocenters. The Kier molecular flexibility index (Phi) is 7.68. The van der Waals surface area contributed by atoms with Crippen molar-refractivity contribution in [2.24, 2.45) is 7.05 Å². The van der Waals surface area contributed by atoms with E-state index in [9.17, 15) is 22.8 Å². The van der Waals surface area contributed by atoms with Gasteiger partial charge in [-0.05, 0) is 67.6 Å². The number of halogens is 4. The van der Waals surface area contributed by atoms with E-state index < -0.39 is 30.3 Å². The third-order valence-electron chi connectivity index (χ3n) is 5.30. The molecule has 11 heteroatoms. The first kappa shape index (κ1) is 26.8. The van der Waals surface area contributed by atoms with Gasteiger partial charge in [0.15, 0.2) is 0 Å². The van der Waals surface area contributed by atoms with Crippen LogP contribution in [0.25, 0.3) is 21.7 Å². The molecule has 0 saturated carbocycles. The standard InChI is InChI=1S/C24H27BrF3N3O4/c1-13-20-15(7-9-29-13)16-10-17(25)19(11-18(16)31(5)21(20)32)34-12-14(6-8-24(26,27)28)30-22(33)35-23(2,3)4/h7,9-11,14H,6,8,12H2,1-5H3,(H,30,33). The number of fused-ring (bicyclic) bond motifs is 3. The van der Waals surface area contributed by atoms with Gasteiger partial charge in [0.1, 0.15) is 18.0 Å². The molecule has 2 aromatic heterocycles. The molecule has 1 aromatic carbocycles. The highest BCUT2D eigenvalue weighted by molar-refractivity contribution is 9.10. The minimum Gasteiger partial charge on any atom is -0.490 e. The van der Waals surface area contributed by atoms with E-state index in [0.29, 0.717) is 26.8 Å². The Morgan fingerprint density at radius 1 is 1.23 bits per heavy atom. The molecule has 0 bridgehead atoms. The van der Waals surface area contributed by atoms with Crippen LogP contribution in [0.5, 0.6) is 5.75 Å². The summed E-state index contributed by atoms with van der Waals surface area (Å²) in [5, 5.41) is 4.49. The van der Waals surface area contributed by atoms with Crippen molar-refractivity contribution < 1.29 is 27.4 Å². The number of aryl methyl sites for hydroxylation is 2. The molecule has 2 heterocycles. The summed E-state index contributed by atoms with van der Waals surface area (Å²) in [6.45, 7) is 6.51. The quantitative estimate of drug-likeness (QED) is 0.389. The molecular formula is C24H27BrF3N3O4. The van der Waals surface area contributed by atoms with Gasteiger partial charge in [0, 0.05) is 31.1 Å². The largest absolute Gasteiger partial charge is 0.490 e. The van der Waals surface area contributed by atoms with Gasteiger partial charge >= 0.3 is 12.3 Å². The molecule has 35 heavy (non-hydrogen) atoms. The molecule has 0 spiro atoms. The number of hydrogen-bond acceptors (Lipinski definition) is 5. The van der Waals surface area contributed by atoms with Crippen molar-refractivity contribution in [1.29, 1.82) is 0 Å². The number of alkyl halides is 3. The van der Waals surface area contributed by atoms with Crippen molar-refractivity contribution >= 4 is 43.7 Å². The van der Waals surface area contributed by atoms with Crippen molar-refractivity contribution in [2.45, 2.75) is 58.4 Å². The molecule has 3 aromatic rings. The number of carbonyl (C=O) groups excluding carboxylic acids is 1. The average molecular weight is 558 g/mol. The van der Waals surface area contributed by atoms with Crippen LogP contribution in [-0.4, -0.2) is 40.1 Å². The Morgan fingerprint density at radius 3 is 2.54 bits per heavy atom. The van der Waals surface area contributed by atoms with Gasteiger partial charge in [0.25, 0.3) is 5.56 Å². The second-order valence-electron chi connectivity index (χ2n) is 9.29. The molecule has 0 radical (unpaired) electrons. The minimum atomic E-state index is -4.39. The predicted octanol–water partition coefficient (Wildman–Crippen LogP) is 5.77. The molecule has 1 amide bonds. The third kappa shape index (κ3) is 6.65. The zero-order valence-corrected chi connectivity index (χ0v) is 21.6. The van der Waals surface area contributed by atoms with Crippen molar-refractivity contribution in [3.8, 4) is 5.75 Å². The van der Waals surface area contributed by atoms with E-state index in [1.54, 1.807) is 59.1 Å². The number of alkyl carbamates (subject to hydrolysis) is 1. The molecule has 0 aliphatic rings. The van der Waals surface area contributed by atoms with Crippen LogP contribution >= 0.6 is 15.9 Å². The number of rotatable bonds is 6. The van der Waals surface area contributed by atoms with E-state index >= 15 is 0 Å². The molecule has 190 valence electrons. The van der Waals surface area contributed by atoms with Crippen LogP contribution in [0, 0.1) is 6.92 Å². The van der Waals surface area contributed by atoms with Gasteiger partial charge in [0.2, 0.25) is 0 Å². The Balaban J connectivity index is 1.91. The summed E-state index contributed by atoms with van der Waals surface area (Å²) in [4.78, 5) is 29.3. The molecule has 0 fully saturated rings. The molecule has 0 aliphatic carbocycles. The summed E-state index contributed by atoms with van der Waals surface area (Å²) in [6, 6.07) is 4.24. The molecular weight excluding hydrogens is 531 g/mol. The van der Waals surface area contributed by atoms with Crippen LogP contribution in [0.1, 0.15) is 39.3 Å². The maximum Gasteiger partial charge on any atom is 0.407 e. The van der Waals surface area contributed by atoms with Gasteiger partial charge < -0.3 is 19.4 Å². The Bertz CT molecular complexity index is 1320.